The molecular formula is C15H26NO5P. The summed E-state index contributed by atoms with van der Waals surface area (Å²) in [5.41, 5.74) is -0.414. The van der Waals surface area contributed by atoms with E-state index in [1.807, 2.05) is 28.1 Å². The second kappa shape index (κ2) is 9.72. The quantitative estimate of drug-likeness (QED) is 0.344. The molecule has 6 nitrogen and oxygen atoms in total. The van der Waals surface area contributed by atoms with Crippen LogP contribution in [-0.4, -0.2) is 61.2 Å². The fourth-order valence-corrected chi connectivity index (χ4v) is 3.12. The van der Waals surface area contributed by atoms with Gasteiger partial charge in [-0.2, -0.15) is 0 Å². The topological polar surface area (TPSA) is 100 Å². The van der Waals surface area contributed by atoms with Gasteiger partial charge in [-0.3, -0.25) is 0 Å². The van der Waals surface area contributed by atoms with E-state index >= 15 is 0 Å². The Bertz CT molecular complexity index is 463. The van der Waals surface area contributed by atoms with E-state index in [1.54, 1.807) is 0 Å². The predicted octanol–water partition coefficient (Wildman–Crippen LogP) is -0.0366. The third-order valence-corrected chi connectivity index (χ3v) is 4.37. The zero-order valence-electron chi connectivity index (χ0n) is 13.8. The van der Waals surface area contributed by atoms with Crippen LogP contribution in [0.3, 0.4) is 0 Å². The first-order valence-electron chi connectivity index (χ1n) is 7.32. The van der Waals surface area contributed by atoms with Crippen molar-refractivity contribution in [2.75, 3.05) is 33.8 Å². The zero-order valence-corrected chi connectivity index (χ0v) is 14.7. The molecule has 0 rings (SSSR count). The molecule has 0 spiro atoms. The molecule has 1 N–H and O–H groups in total. The van der Waals surface area contributed by atoms with Crippen LogP contribution in [0.5, 0.6) is 0 Å². The molecule has 0 aliphatic heterocycles. The number of carboxylic acids is 2. The van der Waals surface area contributed by atoms with Crippen molar-refractivity contribution in [2.45, 2.75) is 32.6 Å². The average molecular weight is 331 g/mol. The molecule has 0 aromatic carbocycles. The highest BCUT2D eigenvalue weighted by molar-refractivity contribution is 7.50. The van der Waals surface area contributed by atoms with Crippen LogP contribution >= 0.6 is 7.77 Å². The minimum atomic E-state index is -1.67. The summed E-state index contributed by atoms with van der Waals surface area (Å²) in [7, 11) is 4.26. The van der Waals surface area contributed by atoms with E-state index in [-0.39, 0.29) is 24.0 Å². The van der Waals surface area contributed by atoms with Crippen LogP contribution in [0.15, 0.2) is 11.1 Å². The first-order chi connectivity index (χ1) is 10.1. The molecule has 0 heterocycles. The molecule has 0 bridgehead atoms. The molecule has 0 aliphatic rings. The Morgan fingerprint density at radius 2 is 1.82 bits per heavy atom. The van der Waals surface area contributed by atoms with E-state index in [1.165, 1.54) is 5.80 Å². The summed E-state index contributed by atoms with van der Waals surface area (Å²) >= 11 is 0. The highest BCUT2D eigenvalue weighted by Gasteiger charge is 2.16. The number of unbranched alkanes of at least 4 members (excludes halogenated alkanes) is 1. The average Bonchev–Trinajstić information content (AvgIpc) is 2.38. The maximum absolute atomic E-state index is 11.9. The first-order valence-corrected chi connectivity index (χ1v) is 8.84. The van der Waals surface area contributed by atoms with Crippen molar-refractivity contribution in [3.05, 3.63) is 11.1 Å². The molecule has 0 saturated carbocycles. The van der Waals surface area contributed by atoms with Gasteiger partial charge < -0.3 is 24.4 Å². The van der Waals surface area contributed by atoms with Crippen LogP contribution < -0.4 is 10.00 Å². The minimum absolute atomic E-state index is 0.139. The lowest BCUT2D eigenvalue weighted by Gasteiger charge is -2.22. The van der Waals surface area contributed by atoms with Gasteiger partial charge in [0.2, 0.25) is 0 Å². The summed E-state index contributed by atoms with van der Waals surface area (Å²) in [6, 6.07) is 0. The molecular weight excluding hydrogens is 305 g/mol. The van der Waals surface area contributed by atoms with E-state index in [2.05, 4.69) is 0 Å². The number of rotatable bonds is 10. The lowest BCUT2D eigenvalue weighted by atomic mass is 10.0. The largest absolute Gasteiger partial charge is 0.631 e. The number of carbonyl (C=O) groups excluding carboxylic acids is 1. The number of carboxylic acid groups (broad SMARTS) is 2. The van der Waals surface area contributed by atoms with E-state index < -0.39 is 19.7 Å². The first kappa shape index (κ1) is 20.8. The number of carbonyl (C=O) groups is 2. The summed E-state index contributed by atoms with van der Waals surface area (Å²) in [5.74, 6) is -1.35. The van der Waals surface area contributed by atoms with E-state index in [0.717, 1.165) is 6.42 Å². The second-order valence-corrected chi connectivity index (χ2v) is 7.84. The third-order valence-electron chi connectivity index (χ3n) is 3.14. The SMILES string of the molecule is CCCC/C(C(=O)O)=C(/CC=[P+]([O-])CC[N+](C)(C)C)C(=O)[O-]. The van der Waals surface area contributed by atoms with Crippen LogP contribution in [0.1, 0.15) is 32.6 Å². The van der Waals surface area contributed by atoms with Gasteiger partial charge in [0.05, 0.1) is 40.7 Å². The van der Waals surface area contributed by atoms with Gasteiger partial charge >= 0.3 is 5.97 Å². The lowest BCUT2D eigenvalue weighted by molar-refractivity contribution is -0.867. The maximum Gasteiger partial charge on any atom is 0.331 e. The maximum atomic E-state index is 11.9. The molecule has 7 heteroatoms. The number of hydrogen-bond donors (Lipinski definition) is 1. The summed E-state index contributed by atoms with van der Waals surface area (Å²) in [6.45, 7) is 2.59. The van der Waals surface area contributed by atoms with Gasteiger partial charge in [-0.15, -0.1) is 0 Å². The minimum Gasteiger partial charge on any atom is -0.631 e. The molecule has 0 aromatic rings. The molecule has 1 unspecified atom stereocenters. The molecule has 0 aliphatic carbocycles. The summed E-state index contributed by atoms with van der Waals surface area (Å²) in [6.07, 6.45) is 1.83. The van der Waals surface area contributed by atoms with Crippen LogP contribution in [0.4, 0.5) is 0 Å². The van der Waals surface area contributed by atoms with Gasteiger partial charge in [-0.05, 0) is 18.4 Å². The fourth-order valence-electron chi connectivity index (χ4n) is 1.75. The van der Waals surface area contributed by atoms with Crippen LogP contribution in [0, 0.1) is 0 Å². The van der Waals surface area contributed by atoms with Gasteiger partial charge in [-0.25, -0.2) is 4.79 Å². The highest BCUT2D eigenvalue weighted by Crippen LogP contribution is 2.18. The van der Waals surface area contributed by atoms with Crippen molar-refractivity contribution < 1.29 is 29.2 Å². The lowest BCUT2D eigenvalue weighted by Crippen LogP contribution is -2.36. The normalized spacial score (nSPS) is 13.8. The summed E-state index contributed by atoms with van der Waals surface area (Å²) in [5, 5.41) is 20.3. The Morgan fingerprint density at radius 1 is 1.23 bits per heavy atom. The number of aliphatic carboxylic acids is 2. The van der Waals surface area contributed by atoms with Gasteiger partial charge in [0.1, 0.15) is 6.54 Å². The Labute approximate surface area is 133 Å². The van der Waals surface area contributed by atoms with E-state index in [4.69, 9.17) is 5.11 Å². The van der Waals surface area contributed by atoms with E-state index in [0.29, 0.717) is 23.6 Å². The molecule has 22 heavy (non-hydrogen) atoms. The van der Waals surface area contributed by atoms with Gasteiger partial charge in [0.15, 0.2) is 6.16 Å². The Morgan fingerprint density at radius 3 is 2.23 bits per heavy atom. The highest BCUT2D eigenvalue weighted by atomic mass is 31.1. The molecule has 0 saturated heterocycles. The van der Waals surface area contributed by atoms with Gasteiger partial charge in [-0.1, -0.05) is 13.3 Å². The predicted molar refractivity (Wildman–Crippen MR) is 84.6 cm³/mol. The van der Waals surface area contributed by atoms with Crippen molar-refractivity contribution in [1.82, 2.24) is 0 Å². The third kappa shape index (κ3) is 8.93. The van der Waals surface area contributed by atoms with Crippen LogP contribution in [0.25, 0.3) is 0 Å². The molecule has 0 fully saturated rings. The van der Waals surface area contributed by atoms with Crippen LogP contribution in [0.2, 0.25) is 0 Å². The molecule has 126 valence electrons. The zero-order chi connectivity index (χ0) is 17.3. The molecule has 1 atom stereocenters. The van der Waals surface area contributed by atoms with Crippen molar-refractivity contribution in [1.29, 1.82) is 0 Å². The monoisotopic (exact) mass is 331 g/mol. The van der Waals surface area contributed by atoms with Crippen molar-refractivity contribution in [3.63, 3.8) is 0 Å². The molecule has 0 amide bonds. The van der Waals surface area contributed by atoms with Crippen LogP contribution in [-0.2, 0) is 9.59 Å². The summed E-state index contributed by atoms with van der Waals surface area (Å²) < 4.78 is 0.662. The molecule has 0 aromatic heterocycles. The Kier molecular flexibility index (Phi) is 9.18. The summed E-state index contributed by atoms with van der Waals surface area (Å²) in [4.78, 5) is 34.3. The Hall–Kier alpha value is -1.23. The van der Waals surface area contributed by atoms with Gasteiger partial charge in [0, 0.05) is 12.0 Å². The number of quaternary nitrogens is 1. The second-order valence-electron chi connectivity index (χ2n) is 6.19. The smallest absolute Gasteiger partial charge is 0.331 e. The standard InChI is InChI=1S/C15H26NO5P/c1-5-6-7-12(14(17)18)13(15(19)20)8-10-22(21)11-9-16(2,3)4/h10H,5-9,11H2,1-4H3,(H-,17,18,19,20)/b13-12+. The van der Waals surface area contributed by atoms with Crippen molar-refractivity contribution >= 4 is 25.5 Å². The van der Waals surface area contributed by atoms with E-state index in [9.17, 15) is 19.6 Å². The number of nitrogens with zero attached hydrogens (tertiary/aromatic N) is 1. The fraction of sp³-hybridized carbons (Fsp3) is 0.667. The van der Waals surface area contributed by atoms with Crippen molar-refractivity contribution in [3.8, 4) is 0 Å². The Balaban J connectivity index is 5.10. The van der Waals surface area contributed by atoms with Gasteiger partial charge in [0.25, 0.3) is 0 Å². The molecule has 0 radical (unpaired) electrons. The van der Waals surface area contributed by atoms with Crippen molar-refractivity contribution in [2.24, 2.45) is 0 Å². The number of hydrogen-bond acceptors (Lipinski definition) is 4.